The van der Waals surface area contributed by atoms with Crippen LogP contribution in [-0.2, 0) is 4.74 Å². The second kappa shape index (κ2) is 7.94. The van der Waals surface area contributed by atoms with E-state index < -0.39 is 0 Å². The number of para-hydroxylation sites is 2. The third-order valence-electron chi connectivity index (χ3n) is 3.68. The highest BCUT2D eigenvalue weighted by Gasteiger charge is 2.29. The van der Waals surface area contributed by atoms with Crippen molar-refractivity contribution in [2.75, 3.05) is 26.3 Å². The molecule has 23 heavy (non-hydrogen) atoms. The predicted molar refractivity (Wildman–Crippen MR) is 87.8 cm³/mol. The molecule has 5 heteroatoms. The van der Waals surface area contributed by atoms with E-state index in [1.807, 2.05) is 49.4 Å². The lowest BCUT2D eigenvalue weighted by Crippen LogP contribution is -2.43. The molecule has 1 saturated heterocycles. The van der Waals surface area contributed by atoms with E-state index in [9.17, 15) is 0 Å². The minimum atomic E-state index is -0.286. The van der Waals surface area contributed by atoms with Crippen LogP contribution < -0.4 is 14.8 Å². The van der Waals surface area contributed by atoms with Crippen molar-refractivity contribution in [3.8, 4) is 11.5 Å². The number of aromatic nitrogens is 1. The van der Waals surface area contributed by atoms with Gasteiger partial charge in [0, 0.05) is 19.3 Å². The Morgan fingerprint density at radius 2 is 2.04 bits per heavy atom. The first kappa shape index (κ1) is 15.8. The summed E-state index contributed by atoms with van der Waals surface area (Å²) in [6.07, 6.45) is 1.40. The van der Waals surface area contributed by atoms with E-state index in [2.05, 4.69) is 10.3 Å². The van der Waals surface area contributed by atoms with Gasteiger partial charge in [-0.1, -0.05) is 18.2 Å². The zero-order valence-corrected chi connectivity index (χ0v) is 13.3. The maximum atomic E-state index is 6.27. The highest BCUT2D eigenvalue weighted by Crippen LogP contribution is 2.33. The van der Waals surface area contributed by atoms with E-state index in [0.29, 0.717) is 19.0 Å². The number of morpholine rings is 1. The average molecular weight is 314 g/mol. The summed E-state index contributed by atoms with van der Waals surface area (Å²) < 4.78 is 17.8. The Morgan fingerprint density at radius 3 is 2.74 bits per heavy atom. The van der Waals surface area contributed by atoms with Crippen LogP contribution in [0.3, 0.4) is 0 Å². The number of benzene rings is 1. The highest BCUT2D eigenvalue weighted by atomic mass is 16.6. The lowest BCUT2D eigenvalue weighted by molar-refractivity contribution is -0.0453. The maximum absolute atomic E-state index is 6.27. The zero-order valence-electron chi connectivity index (χ0n) is 13.3. The Morgan fingerprint density at radius 1 is 1.22 bits per heavy atom. The first-order valence-electron chi connectivity index (χ1n) is 8.00. The molecule has 0 spiro atoms. The number of ether oxygens (including phenoxy) is 3. The summed E-state index contributed by atoms with van der Waals surface area (Å²) in [6, 6.07) is 13.5. The number of hydrogen-bond acceptors (Lipinski definition) is 5. The number of rotatable bonds is 6. The lowest BCUT2D eigenvalue weighted by Gasteiger charge is -2.31. The van der Waals surface area contributed by atoms with Crippen LogP contribution in [0.1, 0.15) is 18.7 Å². The molecule has 3 rings (SSSR count). The van der Waals surface area contributed by atoms with Crippen LogP contribution >= 0.6 is 0 Å². The van der Waals surface area contributed by atoms with Crippen LogP contribution in [-0.4, -0.2) is 37.4 Å². The molecule has 2 aromatic rings. The molecular formula is C18H22N2O3. The highest BCUT2D eigenvalue weighted by molar-refractivity contribution is 5.40. The molecule has 1 aliphatic rings. The van der Waals surface area contributed by atoms with Crippen LogP contribution in [0.4, 0.5) is 0 Å². The van der Waals surface area contributed by atoms with E-state index in [4.69, 9.17) is 14.2 Å². The smallest absolute Gasteiger partial charge is 0.168 e. The summed E-state index contributed by atoms with van der Waals surface area (Å²) in [5.41, 5.74) is 0.854. The summed E-state index contributed by atoms with van der Waals surface area (Å²) in [6.45, 7) is 4.82. The van der Waals surface area contributed by atoms with Crippen LogP contribution in [0.25, 0.3) is 0 Å². The fourth-order valence-corrected chi connectivity index (χ4v) is 2.61. The Kier molecular flexibility index (Phi) is 5.45. The molecule has 1 aromatic carbocycles. The van der Waals surface area contributed by atoms with E-state index in [-0.39, 0.29) is 12.2 Å². The molecule has 5 nitrogen and oxygen atoms in total. The van der Waals surface area contributed by atoms with E-state index >= 15 is 0 Å². The van der Waals surface area contributed by atoms with Gasteiger partial charge in [-0.15, -0.1) is 0 Å². The van der Waals surface area contributed by atoms with E-state index in [0.717, 1.165) is 24.5 Å². The van der Waals surface area contributed by atoms with Gasteiger partial charge in [-0.05, 0) is 31.2 Å². The first-order chi connectivity index (χ1) is 11.4. The van der Waals surface area contributed by atoms with Gasteiger partial charge in [0.05, 0.1) is 18.9 Å². The SMILES string of the molecule is CCOc1ccccc1O[C@H](c1ccccn1)[C@H]1CNCCO1. The van der Waals surface area contributed by atoms with Crippen molar-refractivity contribution < 1.29 is 14.2 Å². The topological polar surface area (TPSA) is 52.6 Å². The molecule has 0 amide bonds. The van der Waals surface area contributed by atoms with Crippen molar-refractivity contribution in [3.63, 3.8) is 0 Å². The van der Waals surface area contributed by atoms with Gasteiger partial charge < -0.3 is 19.5 Å². The second-order valence-corrected chi connectivity index (χ2v) is 5.29. The third kappa shape index (κ3) is 4.00. The molecule has 1 aromatic heterocycles. The monoisotopic (exact) mass is 314 g/mol. The van der Waals surface area contributed by atoms with Crippen molar-refractivity contribution >= 4 is 0 Å². The molecule has 0 saturated carbocycles. The van der Waals surface area contributed by atoms with Crippen molar-refractivity contribution in [2.45, 2.75) is 19.1 Å². The number of hydrogen-bond donors (Lipinski definition) is 1. The van der Waals surface area contributed by atoms with Gasteiger partial charge in [0.15, 0.2) is 17.6 Å². The van der Waals surface area contributed by atoms with E-state index in [1.165, 1.54) is 0 Å². The lowest BCUT2D eigenvalue weighted by atomic mass is 10.1. The van der Waals surface area contributed by atoms with Crippen molar-refractivity contribution in [2.24, 2.45) is 0 Å². The molecule has 122 valence electrons. The number of nitrogens with one attached hydrogen (secondary N) is 1. The molecular weight excluding hydrogens is 292 g/mol. The van der Waals surface area contributed by atoms with Gasteiger partial charge in [-0.3, -0.25) is 4.98 Å². The van der Waals surface area contributed by atoms with Crippen LogP contribution in [0, 0.1) is 0 Å². The molecule has 0 bridgehead atoms. The molecule has 0 radical (unpaired) electrons. The van der Waals surface area contributed by atoms with Crippen molar-refractivity contribution in [1.82, 2.24) is 10.3 Å². The van der Waals surface area contributed by atoms with Gasteiger partial charge in [0.25, 0.3) is 0 Å². The van der Waals surface area contributed by atoms with Crippen LogP contribution in [0.2, 0.25) is 0 Å². The van der Waals surface area contributed by atoms with Crippen molar-refractivity contribution in [1.29, 1.82) is 0 Å². The van der Waals surface area contributed by atoms with Gasteiger partial charge in [-0.2, -0.15) is 0 Å². The van der Waals surface area contributed by atoms with Gasteiger partial charge in [-0.25, -0.2) is 0 Å². The minimum absolute atomic E-state index is 0.0895. The zero-order chi connectivity index (χ0) is 15.9. The number of pyridine rings is 1. The Labute approximate surface area is 136 Å². The summed E-state index contributed by atoms with van der Waals surface area (Å²) in [7, 11) is 0. The Bertz CT molecular complexity index is 600. The minimum Gasteiger partial charge on any atom is -0.490 e. The van der Waals surface area contributed by atoms with Gasteiger partial charge in [0.2, 0.25) is 0 Å². The van der Waals surface area contributed by atoms with E-state index in [1.54, 1.807) is 6.20 Å². The summed E-state index contributed by atoms with van der Waals surface area (Å²) in [5, 5.41) is 3.35. The largest absolute Gasteiger partial charge is 0.490 e. The van der Waals surface area contributed by atoms with Gasteiger partial charge in [0.1, 0.15) is 6.10 Å². The molecule has 2 heterocycles. The maximum Gasteiger partial charge on any atom is 0.168 e. The molecule has 0 unspecified atom stereocenters. The molecule has 1 N–H and O–H groups in total. The Balaban J connectivity index is 1.86. The Hall–Kier alpha value is -2.11. The third-order valence-corrected chi connectivity index (χ3v) is 3.68. The van der Waals surface area contributed by atoms with Gasteiger partial charge >= 0.3 is 0 Å². The number of nitrogens with zero attached hydrogens (tertiary/aromatic N) is 1. The van der Waals surface area contributed by atoms with Crippen molar-refractivity contribution in [3.05, 3.63) is 54.4 Å². The average Bonchev–Trinajstić information content (AvgIpc) is 2.63. The fraction of sp³-hybridized carbons (Fsp3) is 0.389. The van der Waals surface area contributed by atoms with Crippen LogP contribution in [0.15, 0.2) is 48.7 Å². The quantitative estimate of drug-likeness (QED) is 0.888. The molecule has 2 atom stereocenters. The second-order valence-electron chi connectivity index (χ2n) is 5.29. The predicted octanol–water partition coefficient (Wildman–Crippen LogP) is 2.59. The fourth-order valence-electron chi connectivity index (χ4n) is 2.61. The molecule has 1 aliphatic heterocycles. The molecule has 0 aliphatic carbocycles. The summed E-state index contributed by atoms with van der Waals surface area (Å²) in [4.78, 5) is 4.45. The first-order valence-corrected chi connectivity index (χ1v) is 8.00. The molecule has 1 fully saturated rings. The summed E-state index contributed by atoms with van der Waals surface area (Å²) >= 11 is 0. The standard InChI is InChI=1S/C18H22N2O3/c1-2-21-15-8-3-4-9-16(15)23-18(14-7-5-6-10-20-14)17-13-19-11-12-22-17/h3-10,17-19H,2,11-13H2,1H3/t17-,18-/m1/s1. The summed E-state index contributed by atoms with van der Waals surface area (Å²) in [5.74, 6) is 1.44. The van der Waals surface area contributed by atoms with Crippen LogP contribution in [0.5, 0.6) is 11.5 Å². The normalized spacial score (nSPS) is 19.1.